The van der Waals surface area contributed by atoms with E-state index in [4.69, 9.17) is 9.47 Å². The molecule has 0 unspecified atom stereocenters. The molecule has 0 atom stereocenters. The lowest BCUT2D eigenvalue weighted by molar-refractivity contribution is -0.142. The van der Waals surface area contributed by atoms with E-state index in [9.17, 15) is 19.8 Å². The van der Waals surface area contributed by atoms with Crippen LogP contribution >= 0.6 is 0 Å². The second-order valence-electron chi connectivity index (χ2n) is 3.70. The van der Waals surface area contributed by atoms with Crippen LogP contribution in [-0.4, -0.2) is 35.4 Å². The molecule has 0 amide bonds. The van der Waals surface area contributed by atoms with Crippen molar-refractivity contribution in [2.75, 3.05) is 13.2 Å². The van der Waals surface area contributed by atoms with E-state index in [1.807, 2.05) is 0 Å². The molecule has 0 aromatic heterocycles. The topological polar surface area (TPSA) is 93.1 Å². The molecule has 0 saturated carbocycles. The van der Waals surface area contributed by atoms with Gasteiger partial charge in [-0.15, -0.1) is 0 Å². The van der Waals surface area contributed by atoms with Crippen LogP contribution in [0.15, 0.2) is 12.1 Å². The number of hydrogen-bond donors (Lipinski definition) is 2. The summed E-state index contributed by atoms with van der Waals surface area (Å²) in [6.07, 6.45) is -0.185. The minimum atomic E-state index is -0.669. The van der Waals surface area contributed by atoms with Crippen molar-refractivity contribution >= 4 is 11.9 Å². The molecule has 0 aliphatic heterocycles. The Morgan fingerprint density at radius 3 is 2.21 bits per heavy atom. The number of phenolic OH excluding ortho intramolecular Hbond substituents is 2. The maximum absolute atomic E-state index is 11.7. The molecular weight excluding hydrogens is 252 g/mol. The summed E-state index contributed by atoms with van der Waals surface area (Å²) in [6.45, 7) is 3.69. The van der Waals surface area contributed by atoms with E-state index in [1.54, 1.807) is 13.8 Å². The summed E-state index contributed by atoms with van der Waals surface area (Å²) in [5.74, 6) is -2.06. The molecule has 6 heteroatoms. The Hall–Kier alpha value is -2.24. The Labute approximate surface area is 110 Å². The van der Waals surface area contributed by atoms with Gasteiger partial charge in [0.2, 0.25) is 0 Å². The third-order valence-corrected chi connectivity index (χ3v) is 2.34. The van der Waals surface area contributed by atoms with Crippen molar-refractivity contribution in [3.63, 3.8) is 0 Å². The highest BCUT2D eigenvalue weighted by Crippen LogP contribution is 2.29. The van der Waals surface area contributed by atoms with Crippen molar-refractivity contribution in [3.8, 4) is 11.5 Å². The van der Waals surface area contributed by atoms with Gasteiger partial charge in [-0.25, -0.2) is 4.79 Å². The highest BCUT2D eigenvalue weighted by Gasteiger charge is 2.18. The summed E-state index contributed by atoms with van der Waals surface area (Å²) in [5, 5.41) is 18.8. The molecule has 104 valence electrons. The van der Waals surface area contributed by atoms with E-state index in [0.717, 1.165) is 12.1 Å². The zero-order valence-corrected chi connectivity index (χ0v) is 10.8. The largest absolute Gasteiger partial charge is 0.504 e. The first-order valence-corrected chi connectivity index (χ1v) is 5.87. The van der Waals surface area contributed by atoms with Crippen LogP contribution in [0.25, 0.3) is 0 Å². The van der Waals surface area contributed by atoms with E-state index in [-0.39, 0.29) is 30.8 Å². The van der Waals surface area contributed by atoms with Crippen LogP contribution in [0.5, 0.6) is 11.5 Å². The first-order valence-electron chi connectivity index (χ1n) is 5.87. The smallest absolute Gasteiger partial charge is 0.338 e. The quantitative estimate of drug-likeness (QED) is 0.619. The maximum atomic E-state index is 11.7. The summed E-state index contributed by atoms with van der Waals surface area (Å²) in [4.78, 5) is 23.1. The van der Waals surface area contributed by atoms with Gasteiger partial charge in [0.1, 0.15) is 0 Å². The Morgan fingerprint density at radius 1 is 1.05 bits per heavy atom. The standard InChI is InChI=1S/C13H16O6/c1-3-18-12(16)6-8-5-10(14)11(15)7-9(8)13(17)19-4-2/h5,7,14-15H,3-4,6H2,1-2H3. The molecule has 0 fully saturated rings. The summed E-state index contributed by atoms with van der Waals surface area (Å²) in [5.41, 5.74) is 0.275. The fraction of sp³-hybridized carbons (Fsp3) is 0.385. The maximum Gasteiger partial charge on any atom is 0.338 e. The highest BCUT2D eigenvalue weighted by molar-refractivity contribution is 5.93. The zero-order valence-electron chi connectivity index (χ0n) is 10.8. The van der Waals surface area contributed by atoms with Crippen molar-refractivity contribution in [3.05, 3.63) is 23.3 Å². The lowest BCUT2D eigenvalue weighted by Gasteiger charge is -2.10. The van der Waals surface area contributed by atoms with E-state index in [2.05, 4.69) is 0 Å². The Kier molecular flexibility index (Phi) is 5.17. The second kappa shape index (κ2) is 6.63. The van der Waals surface area contributed by atoms with Crippen LogP contribution in [0.1, 0.15) is 29.8 Å². The predicted octanol–water partition coefficient (Wildman–Crippen LogP) is 1.38. The summed E-state index contributed by atoms with van der Waals surface area (Å²) < 4.78 is 9.60. The number of rotatable bonds is 5. The minimum Gasteiger partial charge on any atom is -0.504 e. The molecule has 1 rings (SSSR count). The number of aromatic hydroxyl groups is 2. The number of ether oxygens (including phenoxy) is 2. The molecule has 6 nitrogen and oxygen atoms in total. The van der Waals surface area contributed by atoms with Gasteiger partial charge in [-0.05, 0) is 31.5 Å². The van der Waals surface area contributed by atoms with Gasteiger partial charge < -0.3 is 19.7 Å². The van der Waals surface area contributed by atoms with Crippen molar-refractivity contribution < 1.29 is 29.3 Å². The molecular formula is C13H16O6. The first kappa shape index (κ1) is 14.8. The fourth-order valence-electron chi connectivity index (χ4n) is 1.53. The molecule has 0 heterocycles. The normalized spacial score (nSPS) is 10.0. The Morgan fingerprint density at radius 2 is 1.63 bits per heavy atom. The number of carbonyl (C=O) groups excluding carboxylic acids is 2. The van der Waals surface area contributed by atoms with Crippen molar-refractivity contribution in [2.24, 2.45) is 0 Å². The first-order chi connectivity index (χ1) is 8.99. The SMILES string of the molecule is CCOC(=O)Cc1cc(O)c(O)cc1C(=O)OCC. The van der Waals surface area contributed by atoms with Crippen molar-refractivity contribution in [1.29, 1.82) is 0 Å². The van der Waals surface area contributed by atoms with Gasteiger partial charge in [0.05, 0.1) is 25.2 Å². The van der Waals surface area contributed by atoms with Gasteiger partial charge >= 0.3 is 11.9 Å². The predicted molar refractivity (Wildman–Crippen MR) is 66.1 cm³/mol. The summed E-state index contributed by atoms with van der Waals surface area (Å²) in [7, 11) is 0. The molecule has 0 saturated heterocycles. The Balaban J connectivity index is 3.09. The lowest BCUT2D eigenvalue weighted by atomic mass is 10.0. The fourth-order valence-corrected chi connectivity index (χ4v) is 1.53. The number of hydrogen-bond acceptors (Lipinski definition) is 6. The number of benzene rings is 1. The molecule has 1 aromatic carbocycles. The van der Waals surface area contributed by atoms with Crippen LogP contribution in [-0.2, 0) is 20.7 Å². The van der Waals surface area contributed by atoms with E-state index in [0.29, 0.717) is 0 Å². The van der Waals surface area contributed by atoms with Crippen LogP contribution in [0.3, 0.4) is 0 Å². The van der Waals surface area contributed by atoms with E-state index >= 15 is 0 Å². The average molecular weight is 268 g/mol. The molecule has 0 aliphatic rings. The molecule has 0 bridgehead atoms. The summed E-state index contributed by atoms with van der Waals surface area (Å²) >= 11 is 0. The van der Waals surface area contributed by atoms with Crippen LogP contribution in [0, 0.1) is 0 Å². The molecule has 1 aromatic rings. The van der Waals surface area contributed by atoms with Crippen molar-refractivity contribution in [1.82, 2.24) is 0 Å². The lowest BCUT2D eigenvalue weighted by Crippen LogP contribution is -2.13. The van der Waals surface area contributed by atoms with Gasteiger partial charge in [-0.2, -0.15) is 0 Å². The van der Waals surface area contributed by atoms with Gasteiger partial charge in [0.15, 0.2) is 11.5 Å². The van der Waals surface area contributed by atoms with Gasteiger partial charge in [0.25, 0.3) is 0 Å². The minimum absolute atomic E-state index is 0.0326. The molecule has 0 aliphatic carbocycles. The van der Waals surface area contributed by atoms with Gasteiger partial charge in [-0.3, -0.25) is 4.79 Å². The van der Waals surface area contributed by atoms with Gasteiger partial charge in [0, 0.05) is 0 Å². The van der Waals surface area contributed by atoms with Crippen LogP contribution < -0.4 is 0 Å². The molecule has 19 heavy (non-hydrogen) atoms. The second-order valence-corrected chi connectivity index (χ2v) is 3.70. The molecule has 2 N–H and O–H groups in total. The Bertz CT molecular complexity index is 480. The third kappa shape index (κ3) is 3.87. The van der Waals surface area contributed by atoms with Gasteiger partial charge in [-0.1, -0.05) is 0 Å². The summed E-state index contributed by atoms with van der Waals surface area (Å²) in [6, 6.07) is 2.22. The zero-order chi connectivity index (χ0) is 14.4. The van der Waals surface area contributed by atoms with Crippen LogP contribution in [0.2, 0.25) is 0 Å². The van der Waals surface area contributed by atoms with E-state index < -0.39 is 23.4 Å². The number of carbonyl (C=O) groups is 2. The van der Waals surface area contributed by atoms with Crippen LogP contribution in [0.4, 0.5) is 0 Å². The molecule has 0 spiro atoms. The highest BCUT2D eigenvalue weighted by atomic mass is 16.5. The molecule has 0 radical (unpaired) electrons. The third-order valence-electron chi connectivity index (χ3n) is 2.34. The number of phenols is 2. The number of esters is 2. The average Bonchev–Trinajstić information content (AvgIpc) is 2.34. The van der Waals surface area contributed by atoms with Crippen molar-refractivity contribution in [2.45, 2.75) is 20.3 Å². The van der Waals surface area contributed by atoms with E-state index in [1.165, 1.54) is 0 Å². The monoisotopic (exact) mass is 268 g/mol.